The van der Waals surface area contributed by atoms with Gasteiger partial charge in [-0.05, 0) is 23.4 Å². The summed E-state index contributed by atoms with van der Waals surface area (Å²) in [6, 6.07) is 16.3. The quantitative estimate of drug-likeness (QED) is 0.709. The topological polar surface area (TPSA) is 73.1 Å². The van der Waals surface area contributed by atoms with Crippen molar-refractivity contribution < 1.29 is 14.0 Å². The summed E-state index contributed by atoms with van der Waals surface area (Å²) in [6.45, 7) is 0.641. The number of hydrogen-bond donors (Lipinski definition) is 1. The normalized spacial score (nSPS) is 10.4. The smallest absolute Gasteiger partial charge is 0.241 e. The SMILES string of the molecule is O=C([N-]c1c[n+](CCc2ccccc2)no1)Nc1ccc(Cl)cc1. The molecule has 0 radical (unpaired) electrons. The molecule has 0 saturated carbocycles. The van der Waals surface area contributed by atoms with Gasteiger partial charge in [0.05, 0.1) is 0 Å². The molecule has 0 atom stereocenters. The van der Waals surface area contributed by atoms with E-state index in [0.29, 0.717) is 17.3 Å². The van der Waals surface area contributed by atoms with Crippen molar-refractivity contribution in [3.63, 3.8) is 0 Å². The van der Waals surface area contributed by atoms with E-state index < -0.39 is 6.03 Å². The summed E-state index contributed by atoms with van der Waals surface area (Å²) < 4.78 is 6.66. The molecule has 0 bridgehead atoms. The lowest BCUT2D eigenvalue weighted by atomic mass is 10.1. The monoisotopic (exact) mass is 342 g/mol. The zero-order chi connectivity index (χ0) is 16.8. The van der Waals surface area contributed by atoms with E-state index in [-0.39, 0.29) is 5.88 Å². The Kier molecular flexibility index (Phi) is 5.08. The lowest BCUT2D eigenvalue weighted by Crippen LogP contribution is -2.35. The lowest BCUT2D eigenvalue weighted by Gasteiger charge is -2.12. The fourth-order valence-corrected chi connectivity index (χ4v) is 2.22. The highest BCUT2D eigenvalue weighted by Gasteiger charge is 2.10. The standard InChI is InChI=1S/C17H15ClN4O2/c18-14-6-8-15(9-7-14)19-17(23)20-16-12-22(21-24-16)11-10-13-4-2-1-3-5-13/h1-9,12H,10-11H2,(H-,19,20,21,23). The number of rotatable bonds is 5. The molecule has 0 aliphatic heterocycles. The molecule has 0 fully saturated rings. The van der Waals surface area contributed by atoms with Crippen molar-refractivity contribution in [2.45, 2.75) is 13.0 Å². The first-order valence-corrected chi connectivity index (χ1v) is 7.75. The Hall–Kier alpha value is -2.86. The van der Waals surface area contributed by atoms with Crippen LogP contribution in [0.1, 0.15) is 5.56 Å². The number of anilines is 1. The summed E-state index contributed by atoms with van der Waals surface area (Å²) in [5, 5.41) is 10.9. The van der Waals surface area contributed by atoms with Crippen molar-refractivity contribution in [2.24, 2.45) is 0 Å². The van der Waals surface area contributed by atoms with Crippen molar-refractivity contribution in [3.05, 3.63) is 76.7 Å². The fourth-order valence-electron chi connectivity index (χ4n) is 2.10. The third-order valence-electron chi connectivity index (χ3n) is 3.28. The molecule has 0 aliphatic carbocycles. The van der Waals surface area contributed by atoms with E-state index in [1.807, 2.05) is 30.3 Å². The highest BCUT2D eigenvalue weighted by atomic mass is 35.5. The molecule has 1 heterocycles. The number of benzene rings is 2. The van der Waals surface area contributed by atoms with Crippen molar-refractivity contribution in [1.29, 1.82) is 0 Å². The zero-order valence-electron chi connectivity index (χ0n) is 12.7. The molecule has 0 saturated heterocycles. The lowest BCUT2D eigenvalue weighted by molar-refractivity contribution is -0.761. The molecule has 3 rings (SSSR count). The molecule has 7 heteroatoms. The first-order chi connectivity index (χ1) is 11.7. The number of nitrogens with zero attached hydrogens (tertiary/aromatic N) is 3. The van der Waals surface area contributed by atoms with Gasteiger partial charge in [-0.3, -0.25) is 4.79 Å². The predicted molar refractivity (Wildman–Crippen MR) is 90.3 cm³/mol. The zero-order valence-corrected chi connectivity index (χ0v) is 13.5. The Bertz CT molecular complexity index is 803. The number of hydrogen-bond acceptors (Lipinski definition) is 3. The van der Waals surface area contributed by atoms with Crippen molar-refractivity contribution >= 4 is 29.2 Å². The molecule has 0 spiro atoms. The van der Waals surface area contributed by atoms with Crippen LogP contribution in [0.5, 0.6) is 0 Å². The fraction of sp³-hybridized carbons (Fsp3) is 0.118. The molecule has 3 aromatic rings. The molecule has 1 aromatic heterocycles. The maximum Gasteiger partial charge on any atom is 0.241 e. The predicted octanol–water partition coefficient (Wildman–Crippen LogP) is 4.10. The number of nitrogens with one attached hydrogen (secondary N) is 1. The number of urea groups is 1. The number of carbonyl (C=O) groups excluding carboxylic acids is 1. The van der Waals surface area contributed by atoms with E-state index >= 15 is 0 Å². The number of aromatic nitrogens is 2. The van der Waals surface area contributed by atoms with Gasteiger partial charge in [-0.15, -0.1) is 0 Å². The Labute approximate surface area is 144 Å². The van der Waals surface area contributed by atoms with Gasteiger partial charge in [-0.1, -0.05) is 58.7 Å². The number of amides is 2. The Morgan fingerprint density at radius 1 is 1.17 bits per heavy atom. The van der Waals surface area contributed by atoms with Gasteiger partial charge in [0.2, 0.25) is 12.1 Å². The minimum atomic E-state index is -0.538. The first-order valence-electron chi connectivity index (χ1n) is 7.38. The molecule has 2 amide bonds. The molecule has 2 aromatic carbocycles. The largest absolute Gasteiger partial charge is 0.424 e. The van der Waals surface area contributed by atoms with E-state index in [9.17, 15) is 4.79 Å². The van der Waals surface area contributed by atoms with Crippen molar-refractivity contribution in [3.8, 4) is 0 Å². The second kappa shape index (κ2) is 7.61. The average Bonchev–Trinajstić information content (AvgIpc) is 3.03. The molecule has 6 nitrogen and oxygen atoms in total. The first kappa shape index (κ1) is 16.0. The third kappa shape index (κ3) is 4.57. The maximum atomic E-state index is 11.8. The molecule has 122 valence electrons. The van der Waals surface area contributed by atoms with Crippen molar-refractivity contribution in [1.82, 2.24) is 5.27 Å². The molecule has 24 heavy (non-hydrogen) atoms. The van der Waals surface area contributed by atoms with Gasteiger partial charge in [0.1, 0.15) is 0 Å². The maximum absolute atomic E-state index is 11.8. The molecule has 0 aliphatic rings. The number of aryl methyl sites for hydroxylation is 2. The van der Waals surface area contributed by atoms with Gasteiger partial charge in [-0.25, -0.2) is 0 Å². The van der Waals surface area contributed by atoms with Gasteiger partial charge in [0, 0.05) is 11.4 Å². The van der Waals surface area contributed by atoms with Gasteiger partial charge >= 0.3 is 0 Å². The third-order valence-corrected chi connectivity index (χ3v) is 3.53. The molecular formula is C17H15ClN4O2. The van der Waals surface area contributed by atoms with Crippen LogP contribution >= 0.6 is 11.6 Å². The summed E-state index contributed by atoms with van der Waals surface area (Å²) in [6.07, 6.45) is 2.40. The van der Waals surface area contributed by atoms with E-state index in [4.69, 9.17) is 16.1 Å². The summed E-state index contributed by atoms with van der Waals surface area (Å²) in [7, 11) is 0. The number of carbonyl (C=O) groups is 1. The van der Waals surface area contributed by atoms with Crippen LogP contribution in [0.4, 0.5) is 16.4 Å². The van der Waals surface area contributed by atoms with Crippen LogP contribution < -0.4 is 10.00 Å². The van der Waals surface area contributed by atoms with Gasteiger partial charge in [0.25, 0.3) is 0 Å². The minimum absolute atomic E-state index is 0.148. The Balaban J connectivity index is 1.51. The Morgan fingerprint density at radius 3 is 2.67 bits per heavy atom. The summed E-state index contributed by atoms with van der Waals surface area (Å²) in [5.74, 6) is 0.148. The highest BCUT2D eigenvalue weighted by Crippen LogP contribution is 2.18. The van der Waals surface area contributed by atoms with Gasteiger partial charge in [-0.2, -0.15) is 0 Å². The molecule has 1 N–H and O–H groups in total. The van der Waals surface area contributed by atoms with E-state index in [1.54, 1.807) is 35.1 Å². The summed E-state index contributed by atoms with van der Waals surface area (Å²) >= 11 is 5.79. The van der Waals surface area contributed by atoms with Crippen LogP contribution in [-0.4, -0.2) is 11.3 Å². The van der Waals surface area contributed by atoms with E-state index in [2.05, 4.69) is 15.9 Å². The van der Waals surface area contributed by atoms with Gasteiger partial charge in [0.15, 0.2) is 17.8 Å². The van der Waals surface area contributed by atoms with Crippen LogP contribution in [0.25, 0.3) is 5.32 Å². The van der Waals surface area contributed by atoms with Crippen LogP contribution in [0.3, 0.4) is 0 Å². The van der Waals surface area contributed by atoms with Gasteiger partial charge < -0.3 is 15.2 Å². The number of halogens is 1. The molecule has 0 unspecified atom stereocenters. The average molecular weight is 343 g/mol. The van der Waals surface area contributed by atoms with Crippen LogP contribution in [0, 0.1) is 0 Å². The summed E-state index contributed by atoms with van der Waals surface area (Å²) in [4.78, 5) is 11.8. The highest BCUT2D eigenvalue weighted by molar-refractivity contribution is 6.30. The van der Waals surface area contributed by atoms with E-state index in [1.165, 1.54) is 5.56 Å². The van der Waals surface area contributed by atoms with Crippen LogP contribution in [-0.2, 0) is 13.0 Å². The minimum Gasteiger partial charge on any atom is -0.424 e. The second-order valence-electron chi connectivity index (χ2n) is 5.09. The Morgan fingerprint density at radius 2 is 1.92 bits per heavy atom. The van der Waals surface area contributed by atoms with E-state index in [0.717, 1.165) is 6.42 Å². The van der Waals surface area contributed by atoms with Crippen LogP contribution in [0.2, 0.25) is 5.02 Å². The molecular weight excluding hydrogens is 328 g/mol. The summed E-state index contributed by atoms with van der Waals surface area (Å²) in [5.41, 5.74) is 1.80. The van der Waals surface area contributed by atoms with Crippen LogP contribution in [0.15, 0.2) is 65.3 Å². The van der Waals surface area contributed by atoms with Crippen molar-refractivity contribution in [2.75, 3.05) is 5.32 Å². The second-order valence-corrected chi connectivity index (χ2v) is 5.52.